The molecule has 0 spiro atoms. The second-order valence-electron chi connectivity index (χ2n) is 6.57. The summed E-state index contributed by atoms with van der Waals surface area (Å²) < 4.78 is 41.4. The van der Waals surface area contributed by atoms with Crippen LogP contribution in [0.4, 0.5) is 10.1 Å². The average molecular weight is 390 g/mol. The Morgan fingerprint density at radius 1 is 1.04 bits per heavy atom. The van der Waals surface area contributed by atoms with Gasteiger partial charge in [-0.15, -0.1) is 4.40 Å². The number of piperazine rings is 1. The molecule has 0 aliphatic carbocycles. The van der Waals surface area contributed by atoms with E-state index in [1.54, 1.807) is 4.90 Å². The minimum absolute atomic E-state index is 0.0417. The third kappa shape index (κ3) is 4.21. The highest BCUT2D eigenvalue weighted by Gasteiger charge is 2.22. The van der Waals surface area contributed by atoms with Gasteiger partial charge in [-0.2, -0.15) is 8.42 Å². The Kier molecular flexibility index (Phi) is 5.36. The van der Waals surface area contributed by atoms with Crippen LogP contribution in [-0.4, -0.2) is 45.5 Å². The number of benzene rings is 2. The van der Waals surface area contributed by atoms with Crippen molar-refractivity contribution in [3.8, 4) is 0 Å². The fourth-order valence-corrected chi connectivity index (χ4v) is 4.04. The van der Waals surface area contributed by atoms with Crippen LogP contribution in [-0.2, 0) is 10.0 Å². The fraction of sp³-hybridized carbons (Fsp3) is 0.316. The number of hydrogen-bond acceptors (Lipinski definition) is 3. The summed E-state index contributed by atoms with van der Waals surface area (Å²) in [4.78, 5) is 3.93. The number of hydrogen-bond donors (Lipinski definition) is 1. The predicted octanol–water partition coefficient (Wildman–Crippen LogP) is 2.27. The second kappa shape index (κ2) is 7.56. The third-order valence-corrected chi connectivity index (χ3v) is 6.14. The van der Waals surface area contributed by atoms with E-state index in [1.807, 2.05) is 6.07 Å². The number of guanidine groups is 1. The van der Waals surface area contributed by atoms with Crippen molar-refractivity contribution in [3.05, 3.63) is 59.4 Å². The van der Waals surface area contributed by atoms with Gasteiger partial charge in [0, 0.05) is 31.9 Å². The summed E-state index contributed by atoms with van der Waals surface area (Å²) in [5.74, 6) is -0.548. The second-order valence-corrected chi connectivity index (χ2v) is 8.18. The lowest BCUT2D eigenvalue weighted by Gasteiger charge is -2.37. The van der Waals surface area contributed by atoms with Crippen molar-refractivity contribution >= 4 is 21.7 Å². The Hall–Kier alpha value is -2.61. The predicted molar refractivity (Wildman–Crippen MR) is 105 cm³/mol. The van der Waals surface area contributed by atoms with Crippen LogP contribution in [0.15, 0.2) is 51.8 Å². The van der Waals surface area contributed by atoms with E-state index in [0.29, 0.717) is 13.1 Å². The van der Waals surface area contributed by atoms with Gasteiger partial charge in [0.05, 0.1) is 4.90 Å². The largest absolute Gasteiger partial charge is 0.369 e. The molecule has 2 N–H and O–H groups in total. The highest BCUT2D eigenvalue weighted by molar-refractivity contribution is 7.90. The molecule has 0 saturated carbocycles. The summed E-state index contributed by atoms with van der Waals surface area (Å²) in [7, 11) is -3.96. The topological polar surface area (TPSA) is 79.0 Å². The van der Waals surface area contributed by atoms with Gasteiger partial charge in [-0.1, -0.05) is 12.1 Å². The summed E-state index contributed by atoms with van der Waals surface area (Å²) in [6.45, 7) is 6.76. The molecule has 6 nitrogen and oxygen atoms in total. The van der Waals surface area contributed by atoms with Crippen LogP contribution in [0.3, 0.4) is 0 Å². The van der Waals surface area contributed by atoms with Gasteiger partial charge in [-0.25, -0.2) is 4.39 Å². The van der Waals surface area contributed by atoms with Crippen molar-refractivity contribution in [3.63, 3.8) is 0 Å². The Morgan fingerprint density at radius 3 is 2.30 bits per heavy atom. The van der Waals surface area contributed by atoms with Gasteiger partial charge in [-0.3, -0.25) is 0 Å². The molecule has 144 valence electrons. The molecule has 1 aliphatic heterocycles. The molecule has 27 heavy (non-hydrogen) atoms. The van der Waals surface area contributed by atoms with E-state index in [-0.39, 0.29) is 10.9 Å². The molecule has 8 heteroatoms. The van der Waals surface area contributed by atoms with Crippen LogP contribution in [0.25, 0.3) is 0 Å². The maximum atomic E-state index is 13.0. The van der Waals surface area contributed by atoms with E-state index < -0.39 is 15.8 Å². The number of aryl methyl sites for hydroxylation is 1. The maximum absolute atomic E-state index is 13.0. The van der Waals surface area contributed by atoms with Gasteiger partial charge < -0.3 is 15.5 Å². The molecule has 1 saturated heterocycles. The summed E-state index contributed by atoms with van der Waals surface area (Å²) in [6, 6.07) is 10.7. The van der Waals surface area contributed by atoms with E-state index in [0.717, 1.165) is 25.2 Å². The Labute approximate surface area is 159 Å². The van der Waals surface area contributed by atoms with E-state index in [4.69, 9.17) is 5.73 Å². The Bertz CT molecular complexity index is 950. The third-order valence-electron chi connectivity index (χ3n) is 4.85. The zero-order valence-corrected chi connectivity index (χ0v) is 16.2. The van der Waals surface area contributed by atoms with Crippen molar-refractivity contribution in [2.75, 3.05) is 31.1 Å². The molecule has 0 amide bonds. The van der Waals surface area contributed by atoms with Crippen molar-refractivity contribution in [2.24, 2.45) is 10.1 Å². The molecule has 0 radical (unpaired) electrons. The maximum Gasteiger partial charge on any atom is 0.285 e. The van der Waals surface area contributed by atoms with Crippen LogP contribution >= 0.6 is 0 Å². The van der Waals surface area contributed by atoms with Crippen LogP contribution < -0.4 is 10.6 Å². The van der Waals surface area contributed by atoms with Crippen LogP contribution in [0.5, 0.6) is 0 Å². The van der Waals surface area contributed by atoms with Gasteiger partial charge in [0.15, 0.2) is 0 Å². The summed E-state index contributed by atoms with van der Waals surface area (Å²) in [6.07, 6.45) is 0. The first kappa shape index (κ1) is 19.2. The lowest BCUT2D eigenvalue weighted by Crippen LogP contribution is -2.51. The molecular formula is C19H23FN4O2S. The van der Waals surface area contributed by atoms with Gasteiger partial charge >= 0.3 is 0 Å². The smallest absolute Gasteiger partial charge is 0.285 e. The summed E-state index contributed by atoms with van der Waals surface area (Å²) >= 11 is 0. The molecule has 1 aliphatic rings. The minimum atomic E-state index is -3.96. The molecule has 0 unspecified atom stereocenters. The first-order valence-electron chi connectivity index (χ1n) is 8.70. The number of nitrogens with two attached hydrogens (primary N) is 1. The number of rotatable bonds is 3. The van der Waals surface area contributed by atoms with E-state index >= 15 is 0 Å². The minimum Gasteiger partial charge on any atom is -0.369 e. The average Bonchev–Trinajstić information content (AvgIpc) is 2.64. The quantitative estimate of drug-likeness (QED) is 0.642. The number of sulfonamides is 1. The first-order chi connectivity index (χ1) is 12.8. The van der Waals surface area contributed by atoms with E-state index in [1.165, 1.54) is 28.9 Å². The van der Waals surface area contributed by atoms with E-state index in [9.17, 15) is 12.8 Å². The Balaban J connectivity index is 1.71. The number of halogens is 1. The number of nitrogens with zero attached hydrogens (tertiary/aromatic N) is 3. The van der Waals surface area contributed by atoms with Gasteiger partial charge in [0.2, 0.25) is 5.96 Å². The molecule has 0 atom stereocenters. The molecule has 3 rings (SSSR count). The highest BCUT2D eigenvalue weighted by Crippen LogP contribution is 2.24. The van der Waals surface area contributed by atoms with E-state index in [2.05, 4.69) is 35.3 Å². The summed E-state index contributed by atoms with van der Waals surface area (Å²) in [5, 5.41) is 0. The van der Waals surface area contributed by atoms with Crippen molar-refractivity contribution in [1.82, 2.24) is 4.90 Å². The lowest BCUT2D eigenvalue weighted by molar-refractivity contribution is 0.382. The van der Waals surface area contributed by atoms with Gasteiger partial charge in [0.25, 0.3) is 10.0 Å². The normalized spacial score (nSPS) is 15.9. The van der Waals surface area contributed by atoms with Crippen LogP contribution in [0, 0.1) is 19.7 Å². The van der Waals surface area contributed by atoms with Crippen molar-refractivity contribution < 1.29 is 12.8 Å². The SMILES string of the molecule is Cc1cccc(N2CCN(C(N)=NS(=O)(=O)c3ccc(F)cc3)CC2)c1C. The van der Waals surface area contributed by atoms with Crippen LogP contribution in [0.2, 0.25) is 0 Å². The number of anilines is 1. The zero-order valence-electron chi connectivity index (χ0n) is 15.4. The van der Waals surface area contributed by atoms with Crippen LogP contribution in [0.1, 0.15) is 11.1 Å². The molecule has 0 aromatic heterocycles. The lowest BCUT2D eigenvalue weighted by atomic mass is 10.1. The summed E-state index contributed by atoms with van der Waals surface area (Å²) in [5.41, 5.74) is 9.61. The molecule has 1 fully saturated rings. The monoisotopic (exact) mass is 390 g/mol. The molecule has 2 aromatic rings. The first-order valence-corrected chi connectivity index (χ1v) is 10.1. The van der Waals surface area contributed by atoms with Gasteiger partial charge in [0.1, 0.15) is 5.82 Å². The van der Waals surface area contributed by atoms with Crippen molar-refractivity contribution in [1.29, 1.82) is 0 Å². The highest BCUT2D eigenvalue weighted by atomic mass is 32.2. The van der Waals surface area contributed by atoms with Crippen molar-refractivity contribution in [2.45, 2.75) is 18.7 Å². The standard InChI is InChI=1S/C19H23FN4O2S/c1-14-4-3-5-18(15(14)2)23-10-12-24(13-11-23)19(21)22-27(25,26)17-8-6-16(20)7-9-17/h3-9H,10-13H2,1-2H3,(H2,21,22). The fourth-order valence-electron chi connectivity index (χ4n) is 3.09. The zero-order chi connectivity index (χ0) is 19.6. The Morgan fingerprint density at radius 2 is 1.67 bits per heavy atom. The molecule has 1 heterocycles. The molecule has 2 aromatic carbocycles. The molecular weight excluding hydrogens is 367 g/mol. The van der Waals surface area contributed by atoms with Gasteiger partial charge in [-0.05, 0) is 55.3 Å². The molecule has 0 bridgehead atoms.